The third-order valence-corrected chi connectivity index (χ3v) is 7.50. The lowest BCUT2D eigenvalue weighted by molar-refractivity contribution is 0.101. The summed E-state index contributed by atoms with van der Waals surface area (Å²) in [4.78, 5) is 13.6. The normalized spacial score (nSPS) is 11.9. The summed E-state index contributed by atoms with van der Waals surface area (Å²) in [5.74, 6) is -0.605. The van der Waals surface area contributed by atoms with Gasteiger partial charge in [0, 0.05) is 10.6 Å². The molecule has 0 saturated heterocycles. The molecule has 0 unspecified atom stereocenters. The summed E-state index contributed by atoms with van der Waals surface area (Å²) < 4.78 is 28.1. The van der Waals surface area contributed by atoms with E-state index in [1.807, 2.05) is 24.3 Å². The number of halogens is 1. The number of nitrogens with zero attached hydrogens (tertiary/aromatic N) is 1. The Balaban J connectivity index is 2.06. The van der Waals surface area contributed by atoms with Crippen LogP contribution < -0.4 is 4.31 Å². The van der Waals surface area contributed by atoms with Crippen LogP contribution in [0.3, 0.4) is 0 Å². The number of aryl methyl sites for hydroxylation is 1. The molecule has 0 N–H and O–H groups in total. The second-order valence-corrected chi connectivity index (χ2v) is 11.3. The van der Waals surface area contributed by atoms with Crippen LogP contribution in [0.15, 0.2) is 77.7 Å². The van der Waals surface area contributed by atoms with Gasteiger partial charge >= 0.3 is 0 Å². The van der Waals surface area contributed by atoms with E-state index in [4.69, 9.17) is 11.6 Å². The molecule has 3 rings (SSSR count). The smallest absolute Gasteiger partial charge is 0.268 e. The molecule has 0 atom stereocenters. The largest absolute Gasteiger partial charge is 0.272 e. The third kappa shape index (κ3) is 5.84. The molecule has 0 fully saturated rings. The molecule has 0 spiro atoms. The van der Waals surface area contributed by atoms with Crippen LogP contribution in [-0.4, -0.2) is 14.3 Å². The number of anilines is 1. The molecule has 33 heavy (non-hydrogen) atoms. The summed E-state index contributed by atoms with van der Waals surface area (Å²) in [5.41, 5.74) is 2.69. The standard InChI is InChI=1S/C27H30ClNO3S/c1-5-6-7-20-8-16-24(17-9-20)29(33(31,32)25-18-14-23(28)15-19-25)26(30)21-10-12-22(13-11-21)27(2,3)4/h8-19H,5-7H2,1-4H3. The van der Waals surface area contributed by atoms with Crippen molar-refractivity contribution in [2.75, 3.05) is 4.31 Å². The molecule has 0 aliphatic carbocycles. The molecular formula is C27H30ClNO3S. The zero-order valence-electron chi connectivity index (χ0n) is 19.5. The summed E-state index contributed by atoms with van der Waals surface area (Å²) in [7, 11) is -4.16. The van der Waals surface area contributed by atoms with E-state index >= 15 is 0 Å². The number of unbranched alkanes of at least 4 members (excludes halogenated alkanes) is 1. The second-order valence-electron chi connectivity index (χ2n) is 9.13. The van der Waals surface area contributed by atoms with Crippen LogP contribution in [0.4, 0.5) is 5.69 Å². The Morgan fingerprint density at radius 1 is 0.879 bits per heavy atom. The Hall–Kier alpha value is -2.63. The molecule has 0 aliphatic heterocycles. The minimum Gasteiger partial charge on any atom is -0.268 e. The van der Waals surface area contributed by atoms with E-state index in [1.165, 1.54) is 24.3 Å². The molecule has 0 aromatic heterocycles. The number of hydrogen-bond donors (Lipinski definition) is 0. The number of amides is 1. The fourth-order valence-corrected chi connectivity index (χ4v) is 5.03. The second kappa shape index (κ2) is 10.1. The quantitative estimate of drug-likeness (QED) is 0.363. The van der Waals surface area contributed by atoms with Crippen LogP contribution in [0, 0.1) is 0 Å². The lowest BCUT2D eigenvalue weighted by Gasteiger charge is -2.24. The molecule has 0 aliphatic rings. The first-order chi connectivity index (χ1) is 15.5. The topological polar surface area (TPSA) is 54.5 Å². The van der Waals surface area contributed by atoms with Gasteiger partial charge in [0.2, 0.25) is 0 Å². The summed E-state index contributed by atoms with van der Waals surface area (Å²) in [6, 6.07) is 20.1. The van der Waals surface area contributed by atoms with Gasteiger partial charge in [0.05, 0.1) is 10.6 Å². The van der Waals surface area contributed by atoms with Gasteiger partial charge in [-0.15, -0.1) is 0 Å². The van der Waals surface area contributed by atoms with E-state index in [9.17, 15) is 13.2 Å². The van der Waals surface area contributed by atoms with Crippen molar-refractivity contribution in [2.24, 2.45) is 0 Å². The first-order valence-electron chi connectivity index (χ1n) is 11.1. The van der Waals surface area contributed by atoms with Gasteiger partial charge in [-0.05, 0) is 77.9 Å². The summed E-state index contributed by atoms with van der Waals surface area (Å²) in [5, 5.41) is 0.421. The average Bonchev–Trinajstić information content (AvgIpc) is 2.78. The zero-order valence-corrected chi connectivity index (χ0v) is 21.1. The maximum absolute atomic E-state index is 13.6. The highest BCUT2D eigenvalue weighted by Gasteiger charge is 2.32. The SMILES string of the molecule is CCCCc1ccc(N(C(=O)c2ccc(C(C)(C)C)cc2)S(=O)(=O)c2ccc(Cl)cc2)cc1. The fraction of sp³-hybridized carbons (Fsp3) is 0.296. The summed E-state index contributed by atoms with van der Waals surface area (Å²) in [6.45, 7) is 8.38. The summed E-state index contributed by atoms with van der Waals surface area (Å²) in [6.07, 6.45) is 3.02. The van der Waals surface area contributed by atoms with Crippen LogP contribution in [0.5, 0.6) is 0 Å². The van der Waals surface area contributed by atoms with E-state index in [2.05, 4.69) is 27.7 Å². The number of carbonyl (C=O) groups is 1. The van der Waals surface area contributed by atoms with Gasteiger partial charge in [-0.25, -0.2) is 8.42 Å². The number of rotatable bonds is 7. The first kappa shape index (κ1) is 25.0. The molecule has 3 aromatic rings. The minimum atomic E-state index is -4.16. The molecule has 6 heteroatoms. The van der Waals surface area contributed by atoms with E-state index in [0.717, 1.165) is 34.7 Å². The van der Waals surface area contributed by atoms with Crippen molar-refractivity contribution < 1.29 is 13.2 Å². The lowest BCUT2D eigenvalue weighted by atomic mass is 9.87. The van der Waals surface area contributed by atoms with Crippen molar-refractivity contribution >= 4 is 33.2 Å². The fourth-order valence-electron chi connectivity index (χ4n) is 3.49. The van der Waals surface area contributed by atoms with Crippen LogP contribution in [0.2, 0.25) is 5.02 Å². The number of carbonyl (C=O) groups excluding carboxylic acids is 1. The van der Waals surface area contributed by atoms with Gasteiger partial charge in [-0.1, -0.05) is 70.0 Å². The monoisotopic (exact) mass is 483 g/mol. The van der Waals surface area contributed by atoms with Crippen molar-refractivity contribution in [3.8, 4) is 0 Å². The predicted octanol–water partition coefficient (Wildman–Crippen LogP) is 7.02. The molecule has 174 valence electrons. The van der Waals surface area contributed by atoms with E-state index in [1.54, 1.807) is 24.3 Å². The van der Waals surface area contributed by atoms with Gasteiger partial charge in [0.1, 0.15) is 0 Å². The highest BCUT2D eigenvalue weighted by molar-refractivity contribution is 7.93. The molecular weight excluding hydrogens is 454 g/mol. The Morgan fingerprint density at radius 2 is 1.45 bits per heavy atom. The minimum absolute atomic E-state index is 0.00150. The van der Waals surface area contributed by atoms with Crippen LogP contribution in [0.1, 0.15) is 62.0 Å². The molecule has 0 saturated carbocycles. The van der Waals surface area contributed by atoms with E-state index < -0.39 is 15.9 Å². The van der Waals surface area contributed by atoms with Crippen molar-refractivity contribution in [1.29, 1.82) is 0 Å². The number of benzene rings is 3. The van der Waals surface area contributed by atoms with Crippen LogP contribution >= 0.6 is 11.6 Å². The van der Waals surface area contributed by atoms with Crippen LogP contribution in [-0.2, 0) is 21.9 Å². The highest BCUT2D eigenvalue weighted by Crippen LogP contribution is 2.29. The van der Waals surface area contributed by atoms with Gasteiger partial charge in [-0.3, -0.25) is 4.79 Å². The molecule has 1 amide bonds. The van der Waals surface area contributed by atoms with Gasteiger partial charge in [0.15, 0.2) is 0 Å². The van der Waals surface area contributed by atoms with E-state index in [0.29, 0.717) is 16.3 Å². The Labute approximate surface area is 202 Å². The Morgan fingerprint density at radius 3 is 1.97 bits per heavy atom. The summed E-state index contributed by atoms with van der Waals surface area (Å²) >= 11 is 5.95. The van der Waals surface area contributed by atoms with E-state index in [-0.39, 0.29) is 10.3 Å². The number of hydrogen-bond acceptors (Lipinski definition) is 3. The Bertz CT molecular complexity index is 1190. The Kier molecular flexibility index (Phi) is 7.65. The van der Waals surface area contributed by atoms with Gasteiger partial charge < -0.3 is 0 Å². The van der Waals surface area contributed by atoms with Crippen molar-refractivity contribution in [3.63, 3.8) is 0 Å². The zero-order chi connectivity index (χ0) is 24.2. The highest BCUT2D eigenvalue weighted by atomic mass is 35.5. The third-order valence-electron chi connectivity index (χ3n) is 5.52. The van der Waals surface area contributed by atoms with Crippen molar-refractivity contribution in [1.82, 2.24) is 0 Å². The van der Waals surface area contributed by atoms with Crippen LogP contribution in [0.25, 0.3) is 0 Å². The van der Waals surface area contributed by atoms with Crippen molar-refractivity contribution in [2.45, 2.75) is 57.3 Å². The molecule has 0 bridgehead atoms. The van der Waals surface area contributed by atoms with Gasteiger partial charge in [-0.2, -0.15) is 4.31 Å². The average molecular weight is 484 g/mol. The number of sulfonamides is 1. The maximum Gasteiger partial charge on any atom is 0.272 e. The molecule has 0 heterocycles. The predicted molar refractivity (Wildman–Crippen MR) is 136 cm³/mol. The van der Waals surface area contributed by atoms with Gasteiger partial charge in [0.25, 0.3) is 15.9 Å². The molecule has 4 nitrogen and oxygen atoms in total. The lowest BCUT2D eigenvalue weighted by Crippen LogP contribution is -2.37. The molecule has 3 aromatic carbocycles. The first-order valence-corrected chi connectivity index (χ1v) is 12.9. The van der Waals surface area contributed by atoms with Crippen molar-refractivity contribution in [3.05, 3.63) is 94.5 Å². The maximum atomic E-state index is 13.6. The molecule has 0 radical (unpaired) electrons.